The van der Waals surface area contributed by atoms with Crippen LogP contribution in [0.5, 0.6) is 17.5 Å². The lowest BCUT2D eigenvalue weighted by Gasteiger charge is -2.11. The van der Waals surface area contributed by atoms with E-state index >= 15 is 0 Å². The van der Waals surface area contributed by atoms with Crippen molar-refractivity contribution in [2.24, 2.45) is 0 Å². The normalized spacial score (nSPS) is 10.3. The molecule has 0 spiro atoms. The summed E-state index contributed by atoms with van der Waals surface area (Å²) in [4.78, 5) is 8.00. The molecule has 1 aromatic carbocycles. The van der Waals surface area contributed by atoms with Crippen LogP contribution in [0.3, 0.4) is 0 Å². The van der Waals surface area contributed by atoms with E-state index in [1.54, 1.807) is 18.2 Å². The minimum atomic E-state index is 0.245. The molecule has 7 heteroatoms. The van der Waals surface area contributed by atoms with E-state index in [1.807, 2.05) is 6.92 Å². The first-order chi connectivity index (χ1) is 9.61. The van der Waals surface area contributed by atoms with Gasteiger partial charge in [0.2, 0.25) is 11.8 Å². The molecule has 0 aliphatic heterocycles. The zero-order valence-electron chi connectivity index (χ0n) is 10.8. The molecule has 106 valence electrons. The second-order valence-electron chi connectivity index (χ2n) is 3.92. The molecule has 0 bridgehead atoms. The van der Waals surface area contributed by atoms with Crippen LogP contribution in [0, 0.1) is 0 Å². The van der Waals surface area contributed by atoms with Gasteiger partial charge in [-0.15, -0.1) is 0 Å². The molecule has 1 aromatic heterocycles. The van der Waals surface area contributed by atoms with Crippen molar-refractivity contribution in [3.63, 3.8) is 0 Å². The first-order valence-corrected chi connectivity index (χ1v) is 7.15. The number of hydrogen-bond acceptors (Lipinski definition) is 5. The lowest BCUT2D eigenvalue weighted by Crippen LogP contribution is -2.04. The summed E-state index contributed by atoms with van der Waals surface area (Å²) in [6.45, 7) is 2.53. The number of hydrogen-bond donors (Lipinski definition) is 1. The van der Waals surface area contributed by atoms with E-state index in [0.717, 1.165) is 6.42 Å². The van der Waals surface area contributed by atoms with E-state index < -0.39 is 0 Å². The Balaban J connectivity index is 2.24. The molecule has 2 N–H and O–H groups in total. The van der Waals surface area contributed by atoms with E-state index in [4.69, 9.17) is 26.8 Å². The van der Waals surface area contributed by atoms with Crippen LogP contribution in [0.1, 0.15) is 13.3 Å². The molecule has 0 fully saturated rings. The minimum absolute atomic E-state index is 0.245. The predicted molar refractivity (Wildman–Crippen MR) is 81.5 cm³/mol. The third kappa shape index (κ3) is 3.52. The van der Waals surface area contributed by atoms with Crippen LogP contribution in [0.2, 0.25) is 5.02 Å². The van der Waals surface area contributed by atoms with Crippen molar-refractivity contribution < 1.29 is 9.47 Å². The lowest BCUT2D eigenvalue weighted by molar-refractivity contribution is 0.304. The summed E-state index contributed by atoms with van der Waals surface area (Å²) < 4.78 is 11.8. The zero-order chi connectivity index (χ0) is 14.5. The van der Waals surface area contributed by atoms with Crippen LogP contribution < -0.4 is 15.2 Å². The fourth-order valence-corrected chi connectivity index (χ4v) is 2.19. The third-order valence-electron chi connectivity index (χ3n) is 2.35. The third-order valence-corrected chi connectivity index (χ3v) is 3.21. The van der Waals surface area contributed by atoms with Crippen molar-refractivity contribution in [3.8, 4) is 17.5 Å². The Morgan fingerprint density at radius 3 is 2.75 bits per heavy atom. The highest BCUT2D eigenvalue weighted by Gasteiger charge is 2.13. The van der Waals surface area contributed by atoms with Gasteiger partial charge in [-0.05, 0) is 40.5 Å². The van der Waals surface area contributed by atoms with Gasteiger partial charge in [0.15, 0.2) is 5.69 Å². The van der Waals surface area contributed by atoms with E-state index in [2.05, 4.69) is 25.9 Å². The van der Waals surface area contributed by atoms with Crippen molar-refractivity contribution in [1.82, 2.24) is 9.97 Å². The van der Waals surface area contributed by atoms with Gasteiger partial charge < -0.3 is 15.2 Å². The Kier molecular flexibility index (Phi) is 5.03. The summed E-state index contributed by atoms with van der Waals surface area (Å²) in [6.07, 6.45) is 2.21. The van der Waals surface area contributed by atoms with Gasteiger partial charge in [-0.25, -0.2) is 0 Å². The monoisotopic (exact) mass is 357 g/mol. The maximum absolute atomic E-state index is 5.94. The smallest absolute Gasteiger partial charge is 0.249 e. The molecule has 20 heavy (non-hydrogen) atoms. The van der Waals surface area contributed by atoms with Gasteiger partial charge in [0.1, 0.15) is 12.1 Å². The number of ether oxygens (including phenoxy) is 2. The van der Waals surface area contributed by atoms with Crippen molar-refractivity contribution in [2.75, 3.05) is 12.3 Å². The van der Waals surface area contributed by atoms with Crippen LogP contribution in [-0.2, 0) is 0 Å². The van der Waals surface area contributed by atoms with Crippen LogP contribution in [-0.4, -0.2) is 16.6 Å². The second-order valence-corrected chi connectivity index (χ2v) is 5.21. The van der Waals surface area contributed by atoms with Gasteiger partial charge in [-0.2, -0.15) is 9.97 Å². The Hall–Kier alpha value is -1.53. The van der Waals surface area contributed by atoms with Crippen LogP contribution in [0.15, 0.2) is 29.0 Å². The molecule has 0 amide bonds. The highest BCUT2D eigenvalue weighted by atomic mass is 79.9. The van der Waals surface area contributed by atoms with Gasteiger partial charge in [-0.3, -0.25) is 0 Å². The quantitative estimate of drug-likeness (QED) is 0.873. The van der Waals surface area contributed by atoms with Crippen LogP contribution >= 0.6 is 27.5 Å². The van der Waals surface area contributed by atoms with Crippen LogP contribution in [0.4, 0.5) is 5.69 Å². The summed E-state index contributed by atoms with van der Waals surface area (Å²) >= 11 is 9.24. The first kappa shape index (κ1) is 14.9. The predicted octanol–water partition coefficient (Wildman–Crippen LogP) is 4.06. The number of nitrogen functional groups attached to an aromatic ring is 1. The zero-order valence-corrected chi connectivity index (χ0v) is 13.1. The van der Waals surface area contributed by atoms with Crippen molar-refractivity contribution >= 4 is 33.2 Å². The lowest BCUT2D eigenvalue weighted by atomic mass is 10.3. The van der Waals surface area contributed by atoms with Crippen molar-refractivity contribution in [2.45, 2.75) is 13.3 Å². The van der Waals surface area contributed by atoms with Gasteiger partial charge >= 0.3 is 0 Å². The molecule has 5 nitrogen and oxygen atoms in total. The first-order valence-electron chi connectivity index (χ1n) is 5.98. The topological polar surface area (TPSA) is 70.3 Å². The average Bonchev–Trinajstić information content (AvgIpc) is 2.42. The molecule has 1 heterocycles. The maximum atomic E-state index is 5.94. The summed E-state index contributed by atoms with van der Waals surface area (Å²) in [5.41, 5.74) is 6.20. The molecule has 0 aliphatic carbocycles. The highest BCUT2D eigenvalue weighted by molar-refractivity contribution is 9.10. The molecule has 0 saturated heterocycles. The molecule has 0 atom stereocenters. The number of halogens is 2. The number of anilines is 1. The second kappa shape index (κ2) is 6.76. The number of nitrogens with zero attached hydrogens (tertiary/aromatic N) is 2. The van der Waals surface area contributed by atoms with E-state index in [-0.39, 0.29) is 11.6 Å². The molecule has 2 aromatic rings. The molecule has 0 aliphatic rings. The standard InChI is InChI=1S/C13H13BrClN3O2/c1-2-5-19-12-11(16)13(18-7-17-12)20-10-4-3-8(15)6-9(10)14/h3-4,6-7H,2,5,16H2,1H3. The Labute approximate surface area is 130 Å². The van der Waals surface area contributed by atoms with E-state index in [0.29, 0.717) is 27.7 Å². The molecule has 2 rings (SSSR count). The maximum Gasteiger partial charge on any atom is 0.249 e. The number of nitrogens with two attached hydrogens (primary N) is 1. The van der Waals surface area contributed by atoms with Gasteiger partial charge in [0.05, 0.1) is 11.1 Å². The molecule has 0 radical (unpaired) electrons. The fourth-order valence-electron chi connectivity index (χ4n) is 1.42. The van der Waals surface area contributed by atoms with Crippen LogP contribution in [0.25, 0.3) is 0 Å². The van der Waals surface area contributed by atoms with Crippen molar-refractivity contribution in [3.05, 3.63) is 34.0 Å². The number of benzene rings is 1. The molecular formula is C13H13BrClN3O2. The van der Waals surface area contributed by atoms with E-state index in [1.165, 1.54) is 6.33 Å². The summed E-state index contributed by atoms with van der Waals surface area (Å²) in [5, 5.41) is 0.604. The van der Waals surface area contributed by atoms with Gasteiger partial charge in [0, 0.05) is 5.02 Å². The Morgan fingerprint density at radius 1 is 1.30 bits per heavy atom. The number of aromatic nitrogens is 2. The van der Waals surface area contributed by atoms with Crippen molar-refractivity contribution in [1.29, 1.82) is 0 Å². The molecule has 0 unspecified atom stereocenters. The fraction of sp³-hybridized carbons (Fsp3) is 0.231. The summed E-state index contributed by atoms with van der Waals surface area (Å²) in [7, 11) is 0. The largest absolute Gasteiger partial charge is 0.476 e. The minimum Gasteiger partial charge on any atom is -0.476 e. The average molecular weight is 359 g/mol. The SMILES string of the molecule is CCCOc1ncnc(Oc2ccc(Cl)cc2Br)c1N. The molecule has 0 saturated carbocycles. The van der Waals surface area contributed by atoms with Gasteiger partial charge in [-0.1, -0.05) is 18.5 Å². The Morgan fingerprint density at radius 2 is 2.05 bits per heavy atom. The summed E-state index contributed by atoms with van der Waals surface area (Å²) in [5.74, 6) is 1.12. The molecular weight excluding hydrogens is 346 g/mol. The Bertz CT molecular complexity index is 610. The number of rotatable bonds is 5. The van der Waals surface area contributed by atoms with E-state index in [9.17, 15) is 0 Å². The summed E-state index contributed by atoms with van der Waals surface area (Å²) in [6, 6.07) is 5.16. The van der Waals surface area contributed by atoms with Gasteiger partial charge in [0.25, 0.3) is 0 Å². The highest BCUT2D eigenvalue weighted by Crippen LogP contribution is 2.35.